The molecule has 106 valence electrons. The number of aromatic hydroxyl groups is 2. The summed E-state index contributed by atoms with van der Waals surface area (Å²) in [4.78, 5) is 13.5. The summed E-state index contributed by atoms with van der Waals surface area (Å²) in [6.07, 6.45) is 0. The summed E-state index contributed by atoms with van der Waals surface area (Å²) < 4.78 is 0. The summed E-state index contributed by atoms with van der Waals surface area (Å²) in [5.74, 6) is -0.0162. The fraction of sp³-hybridized carbons (Fsp3) is 0.500. The maximum absolute atomic E-state index is 11.7. The maximum Gasteiger partial charge on any atom is 0.234 e. The van der Waals surface area contributed by atoms with E-state index in [9.17, 15) is 15.0 Å². The van der Waals surface area contributed by atoms with Crippen LogP contribution in [-0.2, 0) is 4.79 Å². The predicted molar refractivity (Wildman–Crippen MR) is 74.1 cm³/mol. The van der Waals surface area contributed by atoms with Crippen molar-refractivity contribution in [3.05, 3.63) is 23.8 Å². The number of amides is 1. The van der Waals surface area contributed by atoms with Gasteiger partial charge in [0.25, 0.3) is 0 Å². The SMILES string of the molecule is CC(C)NC(=O)CN(C)C(C)c1cc(O)cc(O)c1. The molecule has 5 heteroatoms. The Morgan fingerprint density at radius 3 is 2.21 bits per heavy atom. The molecule has 0 radical (unpaired) electrons. The predicted octanol–water partition coefficient (Wildman–Crippen LogP) is 1.62. The molecular formula is C14H22N2O3. The molecule has 1 aromatic carbocycles. The molecule has 1 unspecified atom stereocenters. The third-order valence-corrected chi connectivity index (χ3v) is 2.91. The highest BCUT2D eigenvalue weighted by Crippen LogP contribution is 2.27. The van der Waals surface area contributed by atoms with Crippen molar-refractivity contribution >= 4 is 5.91 Å². The molecule has 0 aromatic heterocycles. The van der Waals surface area contributed by atoms with Gasteiger partial charge in [-0.3, -0.25) is 9.69 Å². The molecule has 1 atom stereocenters. The Bertz CT molecular complexity index is 426. The minimum absolute atomic E-state index is 0.0156. The molecule has 0 saturated heterocycles. The van der Waals surface area contributed by atoms with E-state index in [1.807, 2.05) is 32.7 Å². The lowest BCUT2D eigenvalue weighted by atomic mass is 10.1. The first kappa shape index (κ1) is 15.3. The van der Waals surface area contributed by atoms with E-state index >= 15 is 0 Å². The van der Waals surface area contributed by atoms with Gasteiger partial charge in [-0.05, 0) is 45.5 Å². The van der Waals surface area contributed by atoms with Crippen LogP contribution in [0.5, 0.6) is 11.5 Å². The number of phenols is 2. The third kappa shape index (κ3) is 4.79. The second-order valence-electron chi connectivity index (χ2n) is 5.10. The van der Waals surface area contributed by atoms with E-state index < -0.39 is 0 Å². The van der Waals surface area contributed by atoms with Gasteiger partial charge in [-0.1, -0.05) is 0 Å². The van der Waals surface area contributed by atoms with Crippen LogP contribution in [0.25, 0.3) is 0 Å². The first-order chi connectivity index (χ1) is 8.79. The number of carbonyl (C=O) groups is 1. The second kappa shape index (κ2) is 6.43. The monoisotopic (exact) mass is 266 g/mol. The average Bonchev–Trinajstić information content (AvgIpc) is 2.25. The molecule has 5 nitrogen and oxygen atoms in total. The molecular weight excluding hydrogens is 244 g/mol. The quantitative estimate of drug-likeness (QED) is 0.757. The summed E-state index contributed by atoms with van der Waals surface area (Å²) >= 11 is 0. The number of hydrogen-bond donors (Lipinski definition) is 3. The van der Waals surface area contributed by atoms with E-state index in [1.54, 1.807) is 12.1 Å². The van der Waals surface area contributed by atoms with E-state index in [0.29, 0.717) is 0 Å². The van der Waals surface area contributed by atoms with Crippen molar-refractivity contribution in [3.8, 4) is 11.5 Å². The van der Waals surface area contributed by atoms with E-state index in [1.165, 1.54) is 6.07 Å². The third-order valence-electron chi connectivity index (χ3n) is 2.91. The number of rotatable bonds is 5. The Labute approximate surface area is 113 Å². The van der Waals surface area contributed by atoms with Crippen molar-refractivity contribution in [1.82, 2.24) is 10.2 Å². The molecule has 19 heavy (non-hydrogen) atoms. The Kier molecular flexibility index (Phi) is 5.18. The molecule has 0 fully saturated rings. The van der Waals surface area contributed by atoms with Gasteiger partial charge in [0.1, 0.15) is 11.5 Å². The molecule has 0 aliphatic carbocycles. The lowest BCUT2D eigenvalue weighted by Gasteiger charge is -2.25. The summed E-state index contributed by atoms with van der Waals surface area (Å²) in [6.45, 7) is 6.00. The molecule has 0 bridgehead atoms. The van der Waals surface area contributed by atoms with Crippen LogP contribution in [0.3, 0.4) is 0 Å². The van der Waals surface area contributed by atoms with Crippen molar-refractivity contribution in [1.29, 1.82) is 0 Å². The molecule has 1 rings (SSSR count). The molecule has 0 aliphatic rings. The van der Waals surface area contributed by atoms with Gasteiger partial charge >= 0.3 is 0 Å². The van der Waals surface area contributed by atoms with Gasteiger partial charge in [0.05, 0.1) is 6.54 Å². The minimum Gasteiger partial charge on any atom is -0.508 e. The lowest BCUT2D eigenvalue weighted by molar-refractivity contribution is -0.122. The number of nitrogens with zero attached hydrogens (tertiary/aromatic N) is 1. The summed E-state index contributed by atoms with van der Waals surface area (Å²) in [7, 11) is 1.83. The van der Waals surface area contributed by atoms with Crippen LogP contribution in [-0.4, -0.2) is 40.7 Å². The average molecular weight is 266 g/mol. The highest BCUT2D eigenvalue weighted by molar-refractivity contribution is 5.78. The molecule has 1 aromatic rings. The molecule has 0 saturated carbocycles. The standard InChI is InChI=1S/C14H22N2O3/c1-9(2)15-14(19)8-16(4)10(3)11-5-12(17)7-13(18)6-11/h5-7,9-10,17-18H,8H2,1-4H3,(H,15,19). The summed E-state index contributed by atoms with van der Waals surface area (Å²) in [5, 5.41) is 21.8. The normalized spacial score (nSPS) is 12.7. The number of likely N-dealkylation sites (N-methyl/N-ethyl adjacent to an activating group) is 1. The molecule has 3 N–H and O–H groups in total. The smallest absolute Gasteiger partial charge is 0.234 e. The second-order valence-corrected chi connectivity index (χ2v) is 5.10. The Hall–Kier alpha value is -1.75. The molecule has 0 heterocycles. The van der Waals surface area contributed by atoms with Gasteiger partial charge in [-0.15, -0.1) is 0 Å². The van der Waals surface area contributed by atoms with Gasteiger partial charge in [-0.2, -0.15) is 0 Å². The maximum atomic E-state index is 11.7. The highest BCUT2D eigenvalue weighted by Gasteiger charge is 2.16. The Morgan fingerprint density at radius 1 is 1.21 bits per heavy atom. The van der Waals surface area contributed by atoms with Crippen LogP contribution in [0.4, 0.5) is 0 Å². The largest absolute Gasteiger partial charge is 0.508 e. The van der Waals surface area contributed by atoms with Crippen LogP contribution in [0, 0.1) is 0 Å². The summed E-state index contributed by atoms with van der Waals surface area (Å²) in [6, 6.07) is 4.47. The topological polar surface area (TPSA) is 72.8 Å². The fourth-order valence-electron chi connectivity index (χ4n) is 1.84. The van der Waals surface area contributed by atoms with Gasteiger partial charge in [0, 0.05) is 18.2 Å². The van der Waals surface area contributed by atoms with Crippen molar-refractivity contribution in [2.75, 3.05) is 13.6 Å². The summed E-state index contributed by atoms with van der Waals surface area (Å²) in [5.41, 5.74) is 0.761. The van der Waals surface area contributed by atoms with Gasteiger partial charge in [-0.25, -0.2) is 0 Å². The zero-order chi connectivity index (χ0) is 14.6. The number of hydrogen-bond acceptors (Lipinski definition) is 4. The first-order valence-corrected chi connectivity index (χ1v) is 6.32. The van der Waals surface area contributed by atoms with Gasteiger partial charge in [0.2, 0.25) is 5.91 Å². The first-order valence-electron chi connectivity index (χ1n) is 6.32. The number of carbonyl (C=O) groups excluding carboxylic acids is 1. The van der Waals surface area contributed by atoms with Crippen LogP contribution in [0.2, 0.25) is 0 Å². The van der Waals surface area contributed by atoms with Crippen molar-refractivity contribution < 1.29 is 15.0 Å². The van der Waals surface area contributed by atoms with Crippen LogP contribution >= 0.6 is 0 Å². The molecule has 1 amide bonds. The number of phenolic OH excluding ortho intramolecular Hbond substituents is 2. The Balaban J connectivity index is 2.70. The zero-order valence-corrected chi connectivity index (χ0v) is 11.8. The van der Waals surface area contributed by atoms with E-state index in [2.05, 4.69) is 5.32 Å². The van der Waals surface area contributed by atoms with Crippen molar-refractivity contribution in [3.63, 3.8) is 0 Å². The molecule has 0 spiro atoms. The van der Waals surface area contributed by atoms with Gasteiger partial charge in [0.15, 0.2) is 0 Å². The molecule has 0 aliphatic heterocycles. The van der Waals surface area contributed by atoms with Crippen molar-refractivity contribution in [2.24, 2.45) is 0 Å². The van der Waals surface area contributed by atoms with Gasteiger partial charge < -0.3 is 15.5 Å². The minimum atomic E-state index is -0.0871. The van der Waals surface area contributed by atoms with Crippen LogP contribution < -0.4 is 5.32 Å². The fourth-order valence-corrected chi connectivity index (χ4v) is 1.84. The lowest BCUT2D eigenvalue weighted by Crippen LogP contribution is -2.39. The Morgan fingerprint density at radius 2 is 1.74 bits per heavy atom. The number of benzene rings is 1. The van der Waals surface area contributed by atoms with Crippen LogP contribution in [0.1, 0.15) is 32.4 Å². The van der Waals surface area contributed by atoms with E-state index in [0.717, 1.165) is 5.56 Å². The number of nitrogens with one attached hydrogen (secondary N) is 1. The van der Waals surface area contributed by atoms with E-state index in [4.69, 9.17) is 0 Å². The van der Waals surface area contributed by atoms with E-state index in [-0.39, 0.29) is 36.0 Å². The highest BCUT2D eigenvalue weighted by atomic mass is 16.3. The zero-order valence-electron chi connectivity index (χ0n) is 11.8. The van der Waals surface area contributed by atoms with Crippen LogP contribution in [0.15, 0.2) is 18.2 Å². The van der Waals surface area contributed by atoms with Crippen molar-refractivity contribution in [2.45, 2.75) is 32.9 Å².